The molecule has 0 aliphatic rings. The third-order valence-corrected chi connectivity index (χ3v) is 3.18. The molecule has 2 nitrogen and oxygen atoms in total. The number of hydrogen-bond donors (Lipinski definition) is 1. The zero-order valence-corrected chi connectivity index (χ0v) is 11.8. The van der Waals surface area contributed by atoms with Crippen LogP contribution in [-0.2, 0) is 6.61 Å². The number of benzene rings is 2. The summed E-state index contributed by atoms with van der Waals surface area (Å²) in [6, 6.07) is 14.3. The summed E-state index contributed by atoms with van der Waals surface area (Å²) in [4.78, 5) is 0. The van der Waals surface area contributed by atoms with Gasteiger partial charge < -0.3 is 10.5 Å². The number of nitrogen functional groups attached to an aromatic ring is 1. The third kappa shape index (κ3) is 3.50. The van der Waals surface area contributed by atoms with E-state index in [0.717, 1.165) is 11.3 Å². The average molecular weight is 255 g/mol. The van der Waals surface area contributed by atoms with Crippen molar-refractivity contribution in [1.29, 1.82) is 0 Å². The van der Waals surface area contributed by atoms with Gasteiger partial charge in [-0.2, -0.15) is 0 Å². The molecule has 19 heavy (non-hydrogen) atoms. The highest BCUT2D eigenvalue weighted by atomic mass is 16.5. The van der Waals surface area contributed by atoms with Crippen molar-refractivity contribution in [3.05, 3.63) is 59.2 Å². The Morgan fingerprint density at radius 2 is 1.89 bits per heavy atom. The minimum Gasteiger partial charge on any atom is -0.487 e. The fourth-order valence-electron chi connectivity index (χ4n) is 2.02. The predicted molar refractivity (Wildman–Crippen MR) is 80.5 cm³/mol. The second-order valence-electron chi connectivity index (χ2n) is 5.23. The first kappa shape index (κ1) is 13.5. The lowest BCUT2D eigenvalue weighted by Gasteiger charge is -2.12. The van der Waals surface area contributed by atoms with Crippen LogP contribution in [0.4, 0.5) is 5.69 Å². The van der Waals surface area contributed by atoms with E-state index in [9.17, 15) is 0 Å². The largest absolute Gasteiger partial charge is 0.487 e. The number of nitrogens with two attached hydrogens (primary N) is 1. The monoisotopic (exact) mass is 255 g/mol. The van der Waals surface area contributed by atoms with Gasteiger partial charge in [0.15, 0.2) is 0 Å². The molecule has 0 radical (unpaired) electrons. The summed E-state index contributed by atoms with van der Waals surface area (Å²) < 4.78 is 5.79. The van der Waals surface area contributed by atoms with Gasteiger partial charge in [-0.1, -0.05) is 49.7 Å². The van der Waals surface area contributed by atoms with Gasteiger partial charge in [-0.05, 0) is 36.1 Å². The van der Waals surface area contributed by atoms with Crippen LogP contribution in [0.25, 0.3) is 0 Å². The number of anilines is 1. The topological polar surface area (TPSA) is 35.2 Å². The Balaban J connectivity index is 2.07. The Morgan fingerprint density at radius 3 is 2.53 bits per heavy atom. The molecule has 0 saturated carbocycles. The molecule has 0 heterocycles. The Bertz CT molecular complexity index is 561. The molecule has 100 valence electrons. The molecule has 0 amide bonds. The summed E-state index contributed by atoms with van der Waals surface area (Å²) in [7, 11) is 0. The van der Waals surface area contributed by atoms with Crippen LogP contribution in [0.5, 0.6) is 5.75 Å². The number of ether oxygens (including phenoxy) is 1. The van der Waals surface area contributed by atoms with Crippen molar-refractivity contribution < 1.29 is 4.74 Å². The molecule has 2 aromatic rings. The first-order valence-corrected chi connectivity index (χ1v) is 6.64. The van der Waals surface area contributed by atoms with Crippen molar-refractivity contribution >= 4 is 5.69 Å². The quantitative estimate of drug-likeness (QED) is 0.828. The molecule has 0 atom stereocenters. The number of aryl methyl sites for hydroxylation is 1. The van der Waals surface area contributed by atoms with Crippen LogP contribution in [0.3, 0.4) is 0 Å². The van der Waals surface area contributed by atoms with E-state index in [1.54, 1.807) is 0 Å². The molecule has 0 aliphatic heterocycles. The molecule has 2 rings (SSSR count). The molecule has 0 unspecified atom stereocenters. The van der Waals surface area contributed by atoms with Gasteiger partial charge in [-0.25, -0.2) is 0 Å². The van der Waals surface area contributed by atoms with E-state index in [0.29, 0.717) is 18.2 Å². The van der Waals surface area contributed by atoms with Crippen molar-refractivity contribution in [3.63, 3.8) is 0 Å². The second-order valence-corrected chi connectivity index (χ2v) is 5.23. The Kier molecular flexibility index (Phi) is 4.10. The molecule has 2 aromatic carbocycles. The van der Waals surface area contributed by atoms with Crippen LogP contribution in [-0.4, -0.2) is 0 Å². The van der Waals surface area contributed by atoms with Gasteiger partial charge in [0.05, 0.1) is 5.69 Å². The molecule has 2 heteroatoms. The van der Waals surface area contributed by atoms with E-state index in [-0.39, 0.29) is 0 Å². The first-order valence-electron chi connectivity index (χ1n) is 6.64. The first-order chi connectivity index (χ1) is 9.06. The highest BCUT2D eigenvalue weighted by Crippen LogP contribution is 2.26. The van der Waals surface area contributed by atoms with Crippen molar-refractivity contribution in [2.24, 2.45) is 0 Å². The maximum atomic E-state index is 6.03. The Hall–Kier alpha value is -1.96. The number of hydrogen-bond acceptors (Lipinski definition) is 2. The maximum Gasteiger partial charge on any atom is 0.142 e. The SMILES string of the molecule is Cc1cccc(COc2ccc(C(C)C)cc2N)c1. The van der Waals surface area contributed by atoms with Gasteiger partial charge in [0, 0.05) is 0 Å². The zero-order chi connectivity index (χ0) is 13.8. The predicted octanol–water partition coefficient (Wildman–Crippen LogP) is 4.28. The molecule has 2 N–H and O–H groups in total. The summed E-state index contributed by atoms with van der Waals surface area (Å²) in [5, 5.41) is 0. The van der Waals surface area contributed by atoms with Gasteiger partial charge in [-0.15, -0.1) is 0 Å². The molecule has 0 aromatic heterocycles. The Morgan fingerprint density at radius 1 is 1.11 bits per heavy atom. The molecule has 0 aliphatic carbocycles. The summed E-state index contributed by atoms with van der Waals surface area (Å²) in [6.07, 6.45) is 0. The number of rotatable bonds is 4. The average Bonchev–Trinajstić information content (AvgIpc) is 2.37. The minimum absolute atomic E-state index is 0.480. The summed E-state index contributed by atoms with van der Waals surface area (Å²) in [5.74, 6) is 1.24. The molecule has 0 saturated heterocycles. The van der Waals surface area contributed by atoms with E-state index >= 15 is 0 Å². The van der Waals surface area contributed by atoms with Crippen molar-refractivity contribution in [1.82, 2.24) is 0 Å². The lowest BCUT2D eigenvalue weighted by atomic mass is 10.0. The van der Waals surface area contributed by atoms with Gasteiger partial charge in [0.1, 0.15) is 12.4 Å². The lowest BCUT2D eigenvalue weighted by Crippen LogP contribution is -2.00. The van der Waals surface area contributed by atoms with Gasteiger partial charge in [0.2, 0.25) is 0 Å². The van der Waals surface area contributed by atoms with Crippen molar-refractivity contribution in [2.75, 3.05) is 5.73 Å². The standard InChI is InChI=1S/C17H21NO/c1-12(2)15-7-8-17(16(18)10-15)19-11-14-6-4-5-13(3)9-14/h4-10,12H,11,18H2,1-3H3. The van der Waals surface area contributed by atoms with E-state index in [2.05, 4.69) is 45.0 Å². The van der Waals surface area contributed by atoms with Gasteiger partial charge in [0.25, 0.3) is 0 Å². The van der Waals surface area contributed by atoms with Crippen LogP contribution in [0.2, 0.25) is 0 Å². The maximum absolute atomic E-state index is 6.03. The van der Waals surface area contributed by atoms with Crippen LogP contribution in [0, 0.1) is 6.92 Å². The van der Waals surface area contributed by atoms with E-state index in [1.807, 2.05) is 18.2 Å². The normalized spacial score (nSPS) is 10.7. The van der Waals surface area contributed by atoms with E-state index in [4.69, 9.17) is 10.5 Å². The fraction of sp³-hybridized carbons (Fsp3) is 0.294. The van der Waals surface area contributed by atoms with Crippen LogP contribution >= 0.6 is 0 Å². The van der Waals surface area contributed by atoms with Gasteiger partial charge in [-0.3, -0.25) is 0 Å². The van der Waals surface area contributed by atoms with Crippen molar-refractivity contribution in [3.8, 4) is 5.75 Å². The van der Waals surface area contributed by atoms with Gasteiger partial charge >= 0.3 is 0 Å². The van der Waals surface area contributed by atoms with Crippen LogP contribution in [0.1, 0.15) is 36.5 Å². The summed E-state index contributed by atoms with van der Waals surface area (Å²) >= 11 is 0. The highest BCUT2D eigenvalue weighted by Gasteiger charge is 2.05. The molecular weight excluding hydrogens is 234 g/mol. The molecule has 0 bridgehead atoms. The summed E-state index contributed by atoms with van der Waals surface area (Å²) in [5.41, 5.74) is 10.4. The van der Waals surface area contributed by atoms with Crippen molar-refractivity contribution in [2.45, 2.75) is 33.3 Å². The molecular formula is C17H21NO. The minimum atomic E-state index is 0.480. The highest BCUT2D eigenvalue weighted by molar-refractivity contribution is 5.54. The molecule has 0 fully saturated rings. The smallest absolute Gasteiger partial charge is 0.142 e. The second kappa shape index (κ2) is 5.79. The Labute approximate surface area is 115 Å². The van der Waals surface area contributed by atoms with E-state index < -0.39 is 0 Å². The van der Waals surface area contributed by atoms with Crippen LogP contribution in [0.15, 0.2) is 42.5 Å². The zero-order valence-electron chi connectivity index (χ0n) is 11.8. The van der Waals surface area contributed by atoms with Crippen LogP contribution < -0.4 is 10.5 Å². The fourth-order valence-corrected chi connectivity index (χ4v) is 2.02. The summed E-state index contributed by atoms with van der Waals surface area (Å²) in [6.45, 7) is 6.94. The molecule has 0 spiro atoms. The lowest BCUT2D eigenvalue weighted by molar-refractivity contribution is 0.308. The van der Waals surface area contributed by atoms with E-state index in [1.165, 1.54) is 11.1 Å². The third-order valence-electron chi connectivity index (χ3n) is 3.18.